The summed E-state index contributed by atoms with van der Waals surface area (Å²) in [6, 6.07) is 3.08. The van der Waals surface area contributed by atoms with E-state index in [1.165, 1.54) is 31.4 Å². The highest BCUT2D eigenvalue weighted by atomic mass is 32.2. The van der Waals surface area contributed by atoms with Crippen molar-refractivity contribution in [2.75, 3.05) is 30.8 Å². The fourth-order valence-electron chi connectivity index (χ4n) is 4.23. The van der Waals surface area contributed by atoms with Gasteiger partial charge in [-0.05, 0) is 50.5 Å². The van der Waals surface area contributed by atoms with Gasteiger partial charge in [-0.25, -0.2) is 9.97 Å². The minimum atomic E-state index is 0.422. The average Bonchev–Trinajstić information content (AvgIpc) is 3.16. The molecule has 2 aromatic rings. The molecule has 1 saturated carbocycles. The summed E-state index contributed by atoms with van der Waals surface area (Å²) in [6.45, 7) is 2.31. The number of piperidine rings is 1. The molecule has 0 unspecified atom stereocenters. The van der Waals surface area contributed by atoms with Gasteiger partial charge in [-0.15, -0.1) is 0 Å². The number of hydrogen-bond acceptors (Lipinski definition) is 6. The van der Waals surface area contributed by atoms with Gasteiger partial charge in [-0.2, -0.15) is 0 Å². The van der Waals surface area contributed by atoms with Crippen molar-refractivity contribution in [2.24, 2.45) is 11.7 Å². The van der Waals surface area contributed by atoms with Gasteiger partial charge in [0.2, 0.25) is 0 Å². The van der Waals surface area contributed by atoms with Crippen molar-refractivity contribution in [3.8, 4) is 0 Å². The minimum Gasteiger partial charge on any atom is -0.356 e. The molecule has 1 aliphatic carbocycles. The van der Waals surface area contributed by atoms with Crippen LogP contribution in [0.4, 0.5) is 5.82 Å². The number of H-pyrrole nitrogens is 1. The first-order chi connectivity index (χ1) is 12.7. The maximum Gasteiger partial charge on any atom is 0.142 e. The standard InChI is InChI=1S/C19H30N6S/c1-24(19-17-6-9-21-18(17)22-13-23-19)16-4-2-14(3-5-16)12-26-25-10-7-15(20)8-11-25/h6,9,13-16H,2-5,7-8,10-12,20H2,1H3,(H,21,22,23). The van der Waals surface area contributed by atoms with Crippen LogP contribution in [0.3, 0.4) is 0 Å². The highest BCUT2D eigenvalue weighted by molar-refractivity contribution is 7.97. The monoisotopic (exact) mass is 374 g/mol. The summed E-state index contributed by atoms with van der Waals surface area (Å²) in [4.78, 5) is 14.4. The van der Waals surface area contributed by atoms with E-state index < -0.39 is 0 Å². The molecule has 4 rings (SSSR count). The molecule has 0 amide bonds. The zero-order chi connectivity index (χ0) is 17.9. The van der Waals surface area contributed by atoms with Gasteiger partial charge < -0.3 is 15.6 Å². The quantitative estimate of drug-likeness (QED) is 0.784. The van der Waals surface area contributed by atoms with Crippen LogP contribution in [0.15, 0.2) is 18.6 Å². The van der Waals surface area contributed by atoms with E-state index in [1.54, 1.807) is 6.33 Å². The lowest BCUT2D eigenvalue weighted by atomic mass is 9.86. The van der Waals surface area contributed by atoms with Gasteiger partial charge >= 0.3 is 0 Å². The normalized spacial score (nSPS) is 25.6. The zero-order valence-electron chi connectivity index (χ0n) is 15.6. The summed E-state index contributed by atoms with van der Waals surface area (Å²) in [5.41, 5.74) is 6.93. The molecule has 6 nitrogen and oxygen atoms in total. The molecule has 3 heterocycles. The van der Waals surface area contributed by atoms with Crippen molar-refractivity contribution >= 4 is 28.8 Å². The van der Waals surface area contributed by atoms with Gasteiger partial charge in [-0.1, -0.05) is 11.9 Å². The summed E-state index contributed by atoms with van der Waals surface area (Å²) >= 11 is 2.05. The van der Waals surface area contributed by atoms with Crippen LogP contribution >= 0.6 is 11.9 Å². The second-order valence-corrected chi connectivity index (χ2v) is 8.89. The fraction of sp³-hybridized carbons (Fsp3) is 0.684. The minimum absolute atomic E-state index is 0.422. The van der Waals surface area contributed by atoms with E-state index in [1.807, 2.05) is 6.20 Å². The fourth-order valence-corrected chi connectivity index (χ4v) is 5.45. The molecule has 2 aromatic heterocycles. The van der Waals surface area contributed by atoms with Crippen molar-refractivity contribution in [3.63, 3.8) is 0 Å². The first-order valence-corrected chi connectivity index (χ1v) is 10.8. The van der Waals surface area contributed by atoms with Crippen molar-refractivity contribution in [1.82, 2.24) is 19.3 Å². The van der Waals surface area contributed by atoms with E-state index in [2.05, 4.69) is 49.2 Å². The maximum absolute atomic E-state index is 6.00. The number of aromatic amines is 1. The largest absolute Gasteiger partial charge is 0.356 e. The predicted octanol–water partition coefficient (Wildman–Crippen LogP) is 3.02. The third-order valence-electron chi connectivity index (χ3n) is 6.02. The average molecular weight is 375 g/mol. The molecular formula is C19H30N6S. The Hall–Kier alpha value is -1.31. The van der Waals surface area contributed by atoms with Crippen LogP contribution in [0, 0.1) is 5.92 Å². The van der Waals surface area contributed by atoms with Crippen molar-refractivity contribution in [2.45, 2.75) is 50.6 Å². The summed E-state index contributed by atoms with van der Waals surface area (Å²) < 4.78 is 2.53. The molecule has 0 atom stereocenters. The van der Waals surface area contributed by atoms with Crippen LogP contribution < -0.4 is 10.6 Å². The molecule has 26 heavy (non-hydrogen) atoms. The van der Waals surface area contributed by atoms with Gasteiger partial charge in [0.1, 0.15) is 17.8 Å². The topological polar surface area (TPSA) is 74.1 Å². The van der Waals surface area contributed by atoms with E-state index in [0.717, 1.165) is 48.7 Å². The number of nitrogens with one attached hydrogen (secondary N) is 1. The Balaban J connectivity index is 1.27. The number of hydrogen-bond donors (Lipinski definition) is 2. The van der Waals surface area contributed by atoms with Crippen molar-refractivity contribution in [3.05, 3.63) is 18.6 Å². The van der Waals surface area contributed by atoms with Gasteiger partial charge in [-0.3, -0.25) is 4.31 Å². The number of nitrogens with zero attached hydrogens (tertiary/aromatic N) is 4. The Morgan fingerprint density at radius 3 is 2.73 bits per heavy atom. The molecule has 1 saturated heterocycles. The number of fused-ring (bicyclic) bond motifs is 1. The molecule has 2 fully saturated rings. The third kappa shape index (κ3) is 4.00. The van der Waals surface area contributed by atoms with E-state index in [-0.39, 0.29) is 0 Å². The summed E-state index contributed by atoms with van der Waals surface area (Å²) in [5.74, 6) is 3.16. The van der Waals surface area contributed by atoms with Gasteiger partial charge in [0.05, 0.1) is 5.39 Å². The van der Waals surface area contributed by atoms with Crippen LogP contribution in [0.1, 0.15) is 38.5 Å². The van der Waals surface area contributed by atoms with E-state index in [9.17, 15) is 0 Å². The van der Waals surface area contributed by atoms with Crippen molar-refractivity contribution < 1.29 is 0 Å². The molecule has 7 heteroatoms. The molecule has 1 aliphatic heterocycles. The summed E-state index contributed by atoms with van der Waals surface area (Å²) in [5, 5.41) is 1.12. The highest BCUT2D eigenvalue weighted by Gasteiger charge is 2.26. The Labute approximate surface area is 160 Å². The molecule has 0 radical (unpaired) electrons. The molecule has 2 aliphatic rings. The van der Waals surface area contributed by atoms with Crippen molar-refractivity contribution in [1.29, 1.82) is 0 Å². The number of anilines is 1. The molecule has 0 spiro atoms. The molecular weight excluding hydrogens is 344 g/mol. The second kappa shape index (κ2) is 8.15. The summed E-state index contributed by atoms with van der Waals surface area (Å²) in [6.07, 6.45) is 11.0. The van der Waals surface area contributed by atoms with Gasteiger partial charge in [0, 0.05) is 44.2 Å². The molecule has 0 bridgehead atoms. The second-order valence-electron chi connectivity index (χ2n) is 7.78. The maximum atomic E-state index is 6.00. The van der Waals surface area contributed by atoms with E-state index in [4.69, 9.17) is 5.73 Å². The lowest BCUT2D eigenvalue weighted by Crippen LogP contribution is -2.38. The van der Waals surface area contributed by atoms with Gasteiger partial charge in [0.15, 0.2) is 0 Å². The Bertz CT molecular complexity index is 703. The smallest absolute Gasteiger partial charge is 0.142 e. The van der Waals surface area contributed by atoms with Gasteiger partial charge in [0.25, 0.3) is 0 Å². The number of aromatic nitrogens is 3. The summed E-state index contributed by atoms with van der Waals surface area (Å²) in [7, 11) is 2.19. The SMILES string of the molecule is CN(c1ncnc2[nH]ccc12)C1CCC(CSN2CCC(N)CC2)CC1. The number of rotatable bonds is 5. The molecule has 3 N–H and O–H groups in total. The third-order valence-corrected chi connectivity index (χ3v) is 7.37. The first kappa shape index (κ1) is 18.1. The van der Waals surface area contributed by atoms with E-state index in [0.29, 0.717) is 12.1 Å². The first-order valence-electron chi connectivity index (χ1n) is 9.85. The Morgan fingerprint density at radius 2 is 1.96 bits per heavy atom. The molecule has 142 valence electrons. The van der Waals surface area contributed by atoms with Crippen LogP contribution in [0.25, 0.3) is 11.0 Å². The Kier molecular flexibility index (Phi) is 5.66. The highest BCUT2D eigenvalue weighted by Crippen LogP contribution is 2.33. The zero-order valence-corrected chi connectivity index (χ0v) is 16.4. The van der Waals surface area contributed by atoms with Crippen LogP contribution in [-0.4, -0.2) is 57.2 Å². The Morgan fingerprint density at radius 1 is 1.19 bits per heavy atom. The number of nitrogens with two attached hydrogens (primary N) is 1. The predicted molar refractivity (Wildman–Crippen MR) is 109 cm³/mol. The van der Waals surface area contributed by atoms with Crippen LogP contribution in [-0.2, 0) is 0 Å². The lowest BCUT2D eigenvalue weighted by Gasteiger charge is -2.36. The van der Waals surface area contributed by atoms with E-state index >= 15 is 0 Å². The molecule has 0 aromatic carbocycles. The lowest BCUT2D eigenvalue weighted by molar-refractivity contribution is 0.330. The van der Waals surface area contributed by atoms with Crippen LogP contribution in [0.2, 0.25) is 0 Å². The van der Waals surface area contributed by atoms with Crippen LogP contribution in [0.5, 0.6) is 0 Å².